The fourth-order valence-electron chi connectivity index (χ4n) is 2.73. The number of amides is 1. The molecule has 1 saturated carbocycles. The third-order valence-electron chi connectivity index (χ3n) is 3.84. The molecule has 6 heteroatoms. The Morgan fingerprint density at radius 1 is 1.33 bits per heavy atom. The van der Waals surface area contributed by atoms with Crippen molar-refractivity contribution < 1.29 is 19.1 Å². The third kappa shape index (κ3) is 2.81. The van der Waals surface area contributed by atoms with Crippen molar-refractivity contribution in [2.45, 2.75) is 25.3 Å². The van der Waals surface area contributed by atoms with Gasteiger partial charge >= 0.3 is 5.97 Å². The maximum Gasteiger partial charge on any atom is 0.306 e. The summed E-state index contributed by atoms with van der Waals surface area (Å²) in [6.07, 6.45) is 1.77. The van der Waals surface area contributed by atoms with Crippen LogP contribution in [-0.2, 0) is 4.79 Å². The number of benzene rings is 1. The highest BCUT2D eigenvalue weighted by Gasteiger charge is 2.31. The third-order valence-corrected chi connectivity index (χ3v) is 4.46. The number of nitrogens with one attached hydrogen (secondary N) is 1. The van der Waals surface area contributed by atoms with E-state index in [1.54, 1.807) is 6.07 Å². The lowest BCUT2D eigenvalue weighted by Crippen LogP contribution is -2.33. The van der Waals surface area contributed by atoms with E-state index in [-0.39, 0.29) is 23.6 Å². The zero-order valence-electron chi connectivity index (χ0n) is 11.1. The van der Waals surface area contributed by atoms with Crippen LogP contribution in [0.2, 0.25) is 0 Å². The van der Waals surface area contributed by atoms with Crippen molar-refractivity contribution in [3.63, 3.8) is 0 Å². The van der Waals surface area contributed by atoms with Crippen LogP contribution in [0.1, 0.15) is 29.8 Å². The highest BCUT2D eigenvalue weighted by Crippen LogP contribution is 2.28. The van der Waals surface area contributed by atoms with Crippen LogP contribution in [0.25, 0.3) is 11.0 Å². The lowest BCUT2D eigenvalue weighted by atomic mass is 10.1. The molecule has 0 aliphatic heterocycles. The van der Waals surface area contributed by atoms with Crippen LogP contribution < -0.4 is 5.32 Å². The number of para-hydroxylation sites is 1. The molecule has 1 aromatic heterocycles. The molecule has 0 saturated heterocycles. The molecule has 1 amide bonds. The van der Waals surface area contributed by atoms with Crippen molar-refractivity contribution >= 4 is 38.8 Å². The van der Waals surface area contributed by atoms with Crippen molar-refractivity contribution in [2.75, 3.05) is 0 Å². The second kappa shape index (κ2) is 5.52. The predicted octanol–water partition coefficient (Wildman–Crippen LogP) is 3.18. The summed E-state index contributed by atoms with van der Waals surface area (Å²) in [6.45, 7) is 0. The summed E-state index contributed by atoms with van der Waals surface area (Å²) >= 11 is 3.38. The van der Waals surface area contributed by atoms with E-state index in [0.717, 1.165) is 9.86 Å². The van der Waals surface area contributed by atoms with Gasteiger partial charge in [0.25, 0.3) is 5.91 Å². The van der Waals surface area contributed by atoms with Gasteiger partial charge in [-0.05, 0) is 47.3 Å². The lowest BCUT2D eigenvalue weighted by molar-refractivity contribution is -0.141. The second-order valence-corrected chi connectivity index (χ2v) is 6.14. The fraction of sp³-hybridized carbons (Fsp3) is 0.333. The summed E-state index contributed by atoms with van der Waals surface area (Å²) in [7, 11) is 0. The van der Waals surface area contributed by atoms with E-state index < -0.39 is 5.97 Å². The normalized spacial score (nSPS) is 21.6. The van der Waals surface area contributed by atoms with Crippen molar-refractivity contribution in [1.29, 1.82) is 0 Å². The van der Waals surface area contributed by atoms with Crippen LogP contribution in [0.15, 0.2) is 33.2 Å². The van der Waals surface area contributed by atoms with Gasteiger partial charge in [0.1, 0.15) is 5.58 Å². The number of furan rings is 1. The Morgan fingerprint density at radius 3 is 2.81 bits per heavy atom. The number of aliphatic carboxylic acids is 1. The quantitative estimate of drug-likeness (QED) is 0.889. The largest absolute Gasteiger partial charge is 0.481 e. The molecule has 1 aliphatic rings. The van der Waals surface area contributed by atoms with Gasteiger partial charge in [-0.2, -0.15) is 0 Å². The Balaban J connectivity index is 1.73. The summed E-state index contributed by atoms with van der Waals surface area (Å²) in [5, 5.41) is 12.7. The first-order chi connectivity index (χ1) is 10.0. The minimum absolute atomic E-state index is 0.102. The van der Waals surface area contributed by atoms with Crippen LogP contribution in [0, 0.1) is 5.92 Å². The van der Waals surface area contributed by atoms with Gasteiger partial charge < -0.3 is 14.8 Å². The summed E-state index contributed by atoms with van der Waals surface area (Å²) in [6, 6.07) is 7.19. The molecule has 1 fully saturated rings. The first-order valence-electron chi connectivity index (χ1n) is 6.76. The monoisotopic (exact) mass is 351 g/mol. The molecule has 2 aromatic rings. The summed E-state index contributed by atoms with van der Waals surface area (Å²) in [5.41, 5.74) is 0.637. The van der Waals surface area contributed by atoms with E-state index in [4.69, 9.17) is 9.52 Å². The number of carbonyl (C=O) groups is 2. The topological polar surface area (TPSA) is 79.5 Å². The van der Waals surface area contributed by atoms with Crippen LogP contribution in [0.5, 0.6) is 0 Å². The molecule has 2 N–H and O–H groups in total. The molecule has 2 unspecified atom stereocenters. The van der Waals surface area contributed by atoms with Crippen molar-refractivity contribution in [1.82, 2.24) is 5.32 Å². The number of carboxylic acids is 1. The number of carboxylic acid groups (broad SMARTS) is 1. The number of carbonyl (C=O) groups excluding carboxylic acids is 1. The number of hydrogen-bond acceptors (Lipinski definition) is 3. The second-order valence-electron chi connectivity index (χ2n) is 5.29. The number of halogens is 1. The molecule has 2 atom stereocenters. The lowest BCUT2D eigenvalue weighted by Gasteiger charge is -2.10. The molecule has 1 aliphatic carbocycles. The van der Waals surface area contributed by atoms with Crippen LogP contribution in [-0.4, -0.2) is 23.0 Å². The molecular formula is C15H14BrNO4. The van der Waals surface area contributed by atoms with Crippen molar-refractivity contribution in [2.24, 2.45) is 5.92 Å². The van der Waals surface area contributed by atoms with Gasteiger partial charge in [0, 0.05) is 11.4 Å². The SMILES string of the molecule is O=C(NC1CCC(C(=O)O)C1)c1cc2cccc(Br)c2o1. The summed E-state index contributed by atoms with van der Waals surface area (Å²) in [4.78, 5) is 23.1. The van der Waals surface area contributed by atoms with Crippen molar-refractivity contribution in [3.8, 4) is 0 Å². The zero-order valence-corrected chi connectivity index (χ0v) is 12.7. The molecule has 1 heterocycles. The van der Waals surface area contributed by atoms with Crippen molar-refractivity contribution in [3.05, 3.63) is 34.5 Å². The molecule has 21 heavy (non-hydrogen) atoms. The summed E-state index contributed by atoms with van der Waals surface area (Å²) in [5.74, 6) is -1.20. The Kier molecular flexibility index (Phi) is 3.71. The maximum absolute atomic E-state index is 12.2. The molecule has 3 rings (SSSR count). The highest BCUT2D eigenvalue weighted by molar-refractivity contribution is 9.10. The van der Waals surface area contributed by atoms with Gasteiger partial charge in [0.15, 0.2) is 5.76 Å². The van der Waals surface area contributed by atoms with Gasteiger partial charge in [-0.15, -0.1) is 0 Å². The molecule has 1 aromatic carbocycles. The first kappa shape index (κ1) is 14.1. The van der Waals surface area contributed by atoms with Gasteiger partial charge in [-0.1, -0.05) is 12.1 Å². The van der Waals surface area contributed by atoms with E-state index in [0.29, 0.717) is 24.8 Å². The van der Waals surface area contributed by atoms with Gasteiger partial charge in [-0.25, -0.2) is 0 Å². The van der Waals surface area contributed by atoms with Gasteiger partial charge in [0.2, 0.25) is 0 Å². The molecule has 110 valence electrons. The Morgan fingerprint density at radius 2 is 2.14 bits per heavy atom. The maximum atomic E-state index is 12.2. The van der Waals surface area contributed by atoms with E-state index in [9.17, 15) is 9.59 Å². The minimum Gasteiger partial charge on any atom is -0.481 e. The summed E-state index contributed by atoms with van der Waals surface area (Å²) < 4.78 is 6.37. The van der Waals surface area contributed by atoms with E-state index in [1.165, 1.54) is 0 Å². The number of fused-ring (bicyclic) bond motifs is 1. The number of rotatable bonds is 3. The highest BCUT2D eigenvalue weighted by atomic mass is 79.9. The van der Waals surface area contributed by atoms with Crippen LogP contribution in [0.3, 0.4) is 0 Å². The van der Waals surface area contributed by atoms with E-state index in [2.05, 4.69) is 21.2 Å². The smallest absolute Gasteiger partial charge is 0.306 e. The van der Waals surface area contributed by atoms with Crippen LogP contribution >= 0.6 is 15.9 Å². The molecule has 0 spiro atoms. The molecular weight excluding hydrogens is 338 g/mol. The molecule has 5 nitrogen and oxygen atoms in total. The average molecular weight is 352 g/mol. The number of hydrogen-bond donors (Lipinski definition) is 2. The standard InChI is InChI=1S/C15H14BrNO4/c16-11-3-1-2-8-7-12(21-13(8)11)14(18)17-10-5-4-9(6-10)15(19)20/h1-3,7,9-10H,4-6H2,(H,17,18)(H,19,20). The Bertz CT molecular complexity index is 709. The van der Waals surface area contributed by atoms with Gasteiger partial charge in [-0.3, -0.25) is 9.59 Å². The zero-order chi connectivity index (χ0) is 15.0. The Labute approximate surface area is 129 Å². The molecule has 0 bridgehead atoms. The minimum atomic E-state index is -0.792. The van der Waals surface area contributed by atoms with E-state index in [1.807, 2.05) is 18.2 Å². The van der Waals surface area contributed by atoms with Crippen LogP contribution in [0.4, 0.5) is 0 Å². The van der Waals surface area contributed by atoms with E-state index >= 15 is 0 Å². The predicted molar refractivity (Wildman–Crippen MR) is 80.1 cm³/mol. The average Bonchev–Trinajstić information content (AvgIpc) is 3.05. The Hall–Kier alpha value is -1.82. The first-order valence-corrected chi connectivity index (χ1v) is 7.55. The van der Waals surface area contributed by atoms with Gasteiger partial charge in [0.05, 0.1) is 10.4 Å². The molecule has 0 radical (unpaired) electrons. The fourth-order valence-corrected chi connectivity index (χ4v) is 3.20.